The van der Waals surface area contributed by atoms with E-state index in [0.717, 1.165) is 29.7 Å². The van der Waals surface area contributed by atoms with Crippen molar-refractivity contribution in [1.29, 1.82) is 0 Å². The minimum absolute atomic E-state index is 0.0106. The Kier molecular flexibility index (Phi) is 5.27. The molecule has 164 valence electrons. The van der Waals surface area contributed by atoms with Gasteiger partial charge in [-0.15, -0.1) is 0 Å². The van der Waals surface area contributed by atoms with Crippen molar-refractivity contribution in [2.75, 3.05) is 0 Å². The van der Waals surface area contributed by atoms with Crippen LogP contribution in [-0.2, 0) is 15.0 Å². The summed E-state index contributed by atoms with van der Waals surface area (Å²) in [4.78, 5) is 25.0. The summed E-state index contributed by atoms with van der Waals surface area (Å²) in [5.41, 5.74) is 1.98. The van der Waals surface area contributed by atoms with E-state index < -0.39 is 6.10 Å². The molecule has 2 bridgehead atoms. The van der Waals surface area contributed by atoms with Crippen LogP contribution in [0.3, 0.4) is 0 Å². The maximum atomic E-state index is 13.1. The molecule has 1 aromatic rings. The predicted octanol–water partition coefficient (Wildman–Crippen LogP) is 5.95. The van der Waals surface area contributed by atoms with Gasteiger partial charge in [-0.1, -0.05) is 60.3 Å². The van der Waals surface area contributed by atoms with E-state index in [-0.39, 0.29) is 34.4 Å². The Balaban J connectivity index is 1.71. The zero-order chi connectivity index (χ0) is 21.8. The highest BCUT2D eigenvalue weighted by Crippen LogP contribution is 2.67. The van der Waals surface area contributed by atoms with Gasteiger partial charge in [0.2, 0.25) is 0 Å². The van der Waals surface area contributed by atoms with Crippen LogP contribution in [0.4, 0.5) is 0 Å². The fourth-order valence-corrected chi connectivity index (χ4v) is 6.05. The number of carbonyl (C=O) groups excluding carboxylic acids is 2. The summed E-state index contributed by atoms with van der Waals surface area (Å²) in [5, 5.41) is 0. The van der Waals surface area contributed by atoms with Gasteiger partial charge >= 0.3 is 5.97 Å². The Morgan fingerprint density at radius 3 is 2.60 bits per heavy atom. The van der Waals surface area contributed by atoms with Crippen molar-refractivity contribution < 1.29 is 19.1 Å². The van der Waals surface area contributed by atoms with Gasteiger partial charge in [-0.3, -0.25) is 9.59 Å². The summed E-state index contributed by atoms with van der Waals surface area (Å²) in [7, 11) is 0. The number of hydrogen-bond donors (Lipinski definition) is 0. The van der Waals surface area contributed by atoms with E-state index in [1.54, 1.807) is 0 Å². The van der Waals surface area contributed by atoms with Crippen LogP contribution in [0.15, 0.2) is 12.1 Å². The first-order valence-electron chi connectivity index (χ1n) is 11.6. The van der Waals surface area contributed by atoms with Crippen molar-refractivity contribution in [3.05, 3.63) is 23.3 Å². The second-order valence-corrected chi connectivity index (χ2v) is 10.9. The maximum absolute atomic E-state index is 13.1. The minimum atomic E-state index is -0.422. The van der Waals surface area contributed by atoms with Crippen LogP contribution in [0.1, 0.15) is 97.1 Å². The summed E-state index contributed by atoms with van der Waals surface area (Å²) in [6, 6.07) is 4.15. The molecular formula is C26H36O4. The molecular weight excluding hydrogens is 376 g/mol. The number of Topliss-reactive ketones (excluding diaryl/α,β-unsaturated/α-hetero) is 1. The summed E-state index contributed by atoms with van der Waals surface area (Å²) >= 11 is 0. The number of esters is 1. The van der Waals surface area contributed by atoms with Gasteiger partial charge in [-0.05, 0) is 47.3 Å². The zero-order valence-electron chi connectivity index (χ0n) is 19.3. The fraction of sp³-hybridized carbons (Fsp3) is 0.692. The molecule has 4 aliphatic rings. The molecule has 1 aromatic carbocycles. The van der Waals surface area contributed by atoms with Crippen LogP contribution in [0, 0.1) is 17.3 Å². The summed E-state index contributed by atoms with van der Waals surface area (Å²) in [6.45, 7) is 12.5. The molecule has 3 saturated carbocycles. The molecule has 3 fully saturated rings. The van der Waals surface area contributed by atoms with E-state index in [0.29, 0.717) is 11.7 Å². The summed E-state index contributed by atoms with van der Waals surface area (Å²) < 4.78 is 12.0. The van der Waals surface area contributed by atoms with E-state index in [4.69, 9.17) is 9.47 Å². The number of rotatable bonds is 7. The average molecular weight is 413 g/mol. The molecule has 0 aromatic heterocycles. The third kappa shape index (κ3) is 3.27. The first kappa shape index (κ1) is 21.4. The predicted molar refractivity (Wildman–Crippen MR) is 117 cm³/mol. The van der Waals surface area contributed by atoms with Gasteiger partial charge in [-0.2, -0.15) is 0 Å². The number of ketones is 1. The number of fused-ring (bicyclic) bond motifs is 1. The number of hydrogen-bond acceptors (Lipinski definition) is 4. The monoisotopic (exact) mass is 412 g/mol. The second kappa shape index (κ2) is 7.39. The van der Waals surface area contributed by atoms with E-state index in [9.17, 15) is 9.59 Å². The van der Waals surface area contributed by atoms with Crippen molar-refractivity contribution in [2.24, 2.45) is 17.3 Å². The third-order valence-electron chi connectivity index (χ3n) is 8.11. The molecule has 1 heterocycles. The first-order chi connectivity index (χ1) is 14.1. The molecule has 0 amide bonds. The first-order valence-corrected chi connectivity index (χ1v) is 11.6. The van der Waals surface area contributed by atoms with Gasteiger partial charge in [-0.25, -0.2) is 0 Å². The SMILES string of the molecule is CCCCCCC(C)(C)c1cc(OC(C)=O)c2c(c1)O[C@H]1C(=O)[C@@H]3C[C@H]([C@@H]21)C3(C)C. The summed E-state index contributed by atoms with van der Waals surface area (Å²) in [5.74, 6) is 1.70. The average Bonchev–Trinajstić information content (AvgIpc) is 3.05. The maximum Gasteiger partial charge on any atom is 0.308 e. The quantitative estimate of drug-likeness (QED) is 0.315. The molecule has 0 radical (unpaired) electrons. The van der Waals surface area contributed by atoms with Gasteiger partial charge in [0.25, 0.3) is 0 Å². The Morgan fingerprint density at radius 1 is 1.23 bits per heavy atom. The van der Waals surface area contributed by atoms with E-state index in [2.05, 4.69) is 40.7 Å². The highest BCUT2D eigenvalue weighted by atomic mass is 16.5. The lowest BCUT2D eigenvalue weighted by Crippen LogP contribution is -2.61. The number of carbonyl (C=O) groups is 2. The zero-order valence-corrected chi connectivity index (χ0v) is 19.3. The molecule has 5 rings (SSSR count). The van der Waals surface area contributed by atoms with E-state index in [1.165, 1.54) is 32.6 Å². The molecule has 0 saturated heterocycles. The van der Waals surface area contributed by atoms with Crippen molar-refractivity contribution in [1.82, 2.24) is 0 Å². The normalized spacial score (nSPS) is 28.3. The molecule has 0 N–H and O–H groups in total. The molecule has 0 spiro atoms. The minimum Gasteiger partial charge on any atom is -0.482 e. The molecule has 4 heteroatoms. The van der Waals surface area contributed by atoms with Gasteiger partial charge in [0.1, 0.15) is 11.5 Å². The number of unbranched alkanes of at least 4 members (excludes halogenated alkanes) is 3. The Hall–Kier alpha value is -1.84. The molecule has 3 aliphatic carbocycles. The second-order valence-electron chi connectivity index (χ2n) is 10.9. The highest BCUT2D eigenvalue weighted by molar-refractivity contribution is 5.92. The van der Waals surface area contributed by atoms with Crippen LogP contribution >= 0.6 is 0 Å². The van der Waals surface area contributed by atoms with Crippen molar-refractivity contribution in [2.45, 2.75) is 97.5 Å². The molecule has 4 atom stereocenters. The molecule has 30 heavy (non-hydrogen) atoms. The number of ether oxygens (including phenoxy) is 2. The molecule has 1 aliphatic heterocycles. The fourth-order valence-electron chi connectivity index (χ4n) is 6.05. The van der Waals surface area contributed by atoms with Crippen LogP contribution in [0.2, 0.25) is 0 Å². The van der Waals surface area contributed by atoms with Gasteiger partial charge in [0, 0.05) is 24.3 Å². The van der Waals surface area contributed by atoms with E-state index in [1.807, 2.05) is 6.07 Å². The third-order valence-corrected chi connectivity index (χ3v) is 8.11. The van der Waals surface area contributed by atoms with Crippen molar-refractivity contribution >= 4 is 11.8 Å². The molecule has 4 nitrogen and oxygen atoms in total. The van der Waals surface area contributed by atoms with Gasteiger partial charge in [0.15, 0.2) is 11.9 Å². The topological polar surface area (TPSA) is 52.6 Å². The standard InChI is InChI=1S/C26H36O4/c1-7-8-9-10-11-25(3,4)16-12-19(29-15(2)27)22-20(13-16)30-24-21(22)17-14-18(23(24)28)26(17,5)6/h12-13,17-18,21,24H,7-11,14H2,1-6H3/t17-,18+,21+,24-/m1/s1. The Bertz CT molecular complexity index is 866. The Labute approximate surface area is 180 Å². The van der Waals surface area contributed by atoms with Gasteiger partial charge < -0.3 is 9.47 Å². The van der Waals surface area contributed by atoms with Gasteiger partial charge in [0.05, 0.1) is 0 Å². The Morgan fingerprint density at radius 2 is 1.97 bits per heavy atom. The summed E-state index contributed by atoms with van der Waals surface area (Å²) in [6.07, 6.45) is 6.44. The molecule has 0 unspecified atom stereocenters. The highest BCUT2D eigenvalue weighted by Gasteiger charge is 2.66. The lowest BCUT2D eigenvalue weighted by molar-refractivity contribution is -0.164. The van der Waals surface area contributed by atoms with Crippen molar-refractivity contribution in [3.8, 4) is 11.5 Å². The number of benzene rings is 1. The lowest BCUT2D eigenvalue weighted by Gasteiger charge is -2.59. The van der Waals surface area contributed by atoms with Crippen LogP contribution in [0.5, 0.6) is 11.5 Å². The van der Waals surface area contributed by atoms with Crippen molar-refractivity contribution in [3.63, 3.8) is 0 Å². The van der Waals surface area contributed by atoms with Crippen LogP contribution < -0.4 is 9.47 Å². The van der Waals surface area contributed by atoms with Crippen LogP contribution in [-0.4, -0.2) is 17.9 Å². The smallest absolute Gasteiger partial charge is 0.308 e. The lowest BCUT2D eigenvalue weighted by atomic mass is 9.44. The van der Waals surface area contributed by atoms with Crippen LogP contribution in [0.25, 0.3) is 0 Å². The largest absolute Gasteiger partial charge is 0.482 e. The van der Waals surface area contributed by atoms with E-state index >= 15 is 0 Å².